The Bertz CT molecular complexity index is 958. The molecule has 0 atom stereocenters. The maximum Gasteiger partial charge on any atom is 0.273 e. The number of hydrogen-bond acceptors (Lipinski definition) is 7. The van der Waals surface area contributed by atoms with Crippen LogP contribution >= 0.6 is 11.3 Å². The molecule has 0 radical (unpaired) electrons. The number of amides is 1. The second-order valence-corrected chi connectivity index (χ2v) is 7.90. The first kappa shape index (κ1) is 17.7. The highest BCUT2D eigenvalue weighted by molar-refractivity contribution is 7.11. The SMILES string of the molecule is Cc1ccc(-n2cc(C(=O)NCc3nnc(C4CCCC4)s3)nn2)c(C)n1. The Morgan fingerprint density at radius 1 is 1.22 bits per heavy atom. The van der Waals surface area contributed by atoms with Crippen LogP contribution in [0, 0.1) is 13.8 Å². The van der Waals surface area contributed by atoms with Crippen LogP contribution in [0.5, 0.6) is 0 Å². The van der Waals surface area contributed by atoms with Crippen molar-refractivity contribution in [1.29, 1.82) is 0 Å². The van der Waals surface area contributed by atoms with Crippen molar-refractivity contribution < 1.29 is 4.79 Å². The van der Waals surface area contributed by atoms with Crippen molar-refractivity contribution in [3.63, 3.8) is 0 Å². The van der Waals surface area contributed by atoms with E-state index in [1.165, 1.54) is 25.7 Å². The van der Waals surface area contributed by atoms with Crippen molar-refractivity contribution in [1.82, 2.24) is 35.5 Å². The molecule has 8 nitrogen and oxygen atoms in total. The van der Waals surface area contributed by atoms with Gasteiger partial charge in [0, 0.05) is 11.6 Å². The zero-order chi connectivity index (χ0) is 18.8. The summed E-state index contributed by atoms with van der Waals surface area (Å²) in [6.45, 7) is 4.19. The van der Waals surface area contributed by atoms with Crippen LogP contribution in [-0.4, -0.2) is 36.1 Å². The summed E-state index contributed by atoms with van der Waals surface area (Å²) in [5.41, 5.74) is 2.83. The van der Waals surface area contributed by atoms with E-state index in [9.17, 15) is 4.79 Å². The van der Waals surface area contributed by atoms with Crippen LogP contribution in [0.15, 0.2) is 18.3 Å². The predicted molar refractivity (Wildman–Crippen MR) is 101 cm³/mol. The van der Waals surface area contributed by atoms with Gasteiger partial charge >= 0.3 is 0 Å². The van der Waals surface area contributed by atoms with Crippen LogP contribution in [-0.2, 0) is 6.54 Å². The summed E-state index contributed by atoms with van der Waals surface area (Å²) in [7, 11) is 0. The van der Waals surface area contributed by atoms with Gasteiger partial charge in [0.25, 0.3) is 5.91 Å². The average molecular weight is 383 g/mol. The minimum absolute atomic E-state index is 0.260. The van der Waals surface area contributed by atoms with E-state index in [1.54, 1.807) is 22.2 Å². The molecule has 3 heterocycles. The van der Waals surface area contributed by atoms with Gasteiger partial charge < -0.3 is 5.32 Å². The van der Waals surface area contributed by atoms with E-state index in [1.807, 2.05) is 26.0 Å². The first-order chi connectivity index (χ1) is 13.1. The number of carbonyl (C=O) groups is 1. The molecule has 4 rings (SSSR count). The van der Waals surface area contributed by atoms with Crippen LogP contribution in [0.25, 0.3) is 5.69 Å². The van der Waals surface area contributed by atoms with E-state index in [-0.39, 0.29) is 11.6 Å². The van der Waals surface area contributed by atoms with Gasteiger partial charge in [-0.05, 0) is 38.8 Å². The maximum absolute atomic E-state index is 12.4. The standard InChI is InChI=1S/C18H21N7OS/c1-11-7-8-15(12(2)20-11)25-10-14(21-24-25)17(26)19-9-16-22-23-18(27-16)13-5-3-4-6-13/h7-8,10,13H,3-6,9H2,1-2H3,(H,19,26). The normalized spacial score (nSPS) is 14.6. The Balaban J connectivity index is 1.39. The molecule has 1 N–H and O–H groups in total. The summed E-state index contributed by atoms with van der Waals surface area (Å²) < 4.78 is 1.57. The quantitative estimate of drug-likeness (QED) is 0.727. The highest BCUT2D eigenvalue weighted by Crippen LogP contribution is 2.35. The Hall–Kier alpha value is -2.68. The van der Waals surface area contributed by atoms with Gasteiger partial charge in [-0.1, -0.05) is 29.4 Å². The Labute approximate surface area is 161 Å². The first-order valence-corrected chi connectivity index (χ1v) is 9.89. The number of hydrogen-bond donors (Lipinski definition) is 1. The van der Waals surface area contributed by atoms with Gasteiger partial charge in [0.2, 0.25) is 0 Å². The molecule has 0 spiro atoms. The molecule has 0 saturated heterocycles. The Morgan fingerprint density at radius 2 is 2.04 bits per heavy atom. The monoisotopic (exact) mass is 383 g/mol. The number of carbonyl (C=O) groups excluding carboxylic acids is 1. The van der Waals surface area contributed by atoms with Crippen LogP contribution in [0.1, 0.15) is 63.5 Å². The number of nitrogens with one attached hydrogen (secondary N) is 1. The van der Waals surface area contributed by atoms with Crippen LogP contribution in [0.3, 0.4) is 0 Å². The topological polar surface area (TPSA) is 98.5 Å². The molecule has 0 bridgehead atoms. The van der Waals surface area contributed by atoms with Crippen molar-refractivity contribution in [2.45, 2.75) is 52.0 Å². The van der Waals surface area contributed by atoms with E-state index in [4.69, 9.17) is 0 Å². The smallest absolute Gasteiger partial charge is 0.273 e. The van der Waals surface area contributed by atoms with E-state index >= 15 is 0 Å². The van der Waals surface area contributed by atoms with Gasteiger partial charge in [-0.2, -0.15) is 0 Å². The first-order valence-electron chi connectivity index (χ1n) is 9.07. The molecule has 9 heteroatoms. The molecule has 0 unspecified atom stereocenters. The molecule has 3 aromatic rings. The Kier molecular flexibility index (Phi) is 4.93. The van der Waals surface area contributed by atoms with Crippen molar-refractivity contribution in [2.75, 3.05) is 0 Å². The molecule has 1 aliphatic rings. The molecule has 1 fully saturated rings. The zero-order valence-corrected chi connectivity index (χ0v) is 16.2. The minimum atomic E-state index is -0.281. The molecule has 1 aliphatic carbocycles. The molecule has 3 aromatic heterocycles. The summed E-state index contributed by atoms with van der Waals surface area (Å²) in [5, 5.41) is 21.3. The molecule has 0 aliphatic heterocycles. The number of aromatic nitrogens is 6. The highest BCUT2D eigenvalue weighted by atomic mass is 32.1. The van der Waals surface area contributed by atoms with Crippen molar-refractivity contribution >= 4 is 17.2 Å². The molecule has 27 heavy (non-hydrogen) atoms. The second-order valence-electron chi connectivity index (χ2n) is 6.80. The number of rotatable bonds is 5. The Morgan fingerprint density at radius 3 is 2.81 bits per heavy atom. The van der Waals surface area contributed by atoms with E-state index in [0.717, 1.165) is 27.1 Å². The number of aryl methyl sites for hydroxylation is 2. The van der Waals surface area contributed by atoms with Gasteiger partial charge in [0.1, 0.15) is 10.0 Å². The molecule has 1 amide bonds. The third-order valence-corrected chi connectivity index (χ3v) is 5.84. The van der Waals surface area contributed by atoms with Gasteiger partial charge in [-0.15, -0.1) is 15.3 Å². The summed E-state index contributed by atoms with van der Waals surface area (Å²) in [6, 6.07) is 3.82. The van der Waals surface area contributed by atoms with Crippen LogP contribution in [0.4, 0.5) is 0 Å². The lowest BCUT2D eigenvalue weighted by molar-refractivity contribution is 0.0945. The predicted octanol–water partition coefficient (Wildman–Crippen LogP) is 2.72. The third kappa shape index (κ3) is 3.87. The average Bonchev–Trinajstić information content (AvgIpc) is 3.39. The molecular formula is C18H21N7OS. The summed E-state index contributed by atoms with van der Waals surface area (Å²) >= 11 is 1.59. The fraction of sp³-hybridized carbons (Fsp3) is 0.444. The highest BCUT2D eigenvalue weighted by Gasteiger charge is 2.21. The van der Waals surface area contributed by atoms with Gasteiger partial charge in [0.05, 0.1) is 24.1 Å². The summed E-state index contributed by atoms with van der Waals surface area (Å²) in [4.78, 5) is 16.8. The number of nitrogens with zero attached hydrogens (tertiary/aromatic N) is 6. The van der Waals surface area contributed by atoms with Gasteiger partial charge in [0.15, 0.2) is 5.69 Å². The molecular weight excluding hydrogens is 362 g/mol. The lowest BCUT2D eigenvalue weighted by Crippen LogP contribution is -2.23. The summed E-state index contributed by atoms with van der Waals surface area (Å²) in [5.74, 6) is 0.259. The van der Waals surface area contributed by atoms with Gasteiger partial charge in [-0.25, -0.2) is 4.68 Å². The van der Waals surface area contributed by atoms with E-state index in [2.05, 4.69) is 30.8 Å². The van der Waals surface area contributed by atoms with Crippen molar-refractivity contribution in [2.24, 2.45) is 0 Å². The molecule has 1 saturated carbocycles. The number of pyridine rings is 1. The molecule has 140 valence electrons. The second kappa shape index (κ2) is 7.51. The summed E-state index contributed by atoms with van der Waals surface area (Å²) in [6.07, 6.45) is 6.53. The fourth-order valence-corrected chi connectivity index (χ4v) is 4.28. The van der Waals surface area contributed by atoms with Crippen molar-refractivity contribution in [3.8, 4) is 5.69 Å². The van der Waals surface area contributed by atoms with E-state index in [0.29, 0.717) is 12.5 Å². The minimum Gasteiger partial charge on any atom is -0.344 e. The van der Waals surface area contributed by atoms with E-state index < -0.39 is 0 Å². The van der Waals surface area contributed by atoms with Crippen LogP contribution in [0.2, 0.25) is 0 Å². The van der Waals surface area contributed by atoms with Crippen LogP contribution < -0.4 is 5.32 Å². The molecule has 0 aromatic carbocycles. The largest absolute Gasteiger partial charge is 0.344 e. The lowest BCUT2D eigenvalue weighted by Gasteiger charge is -2.04. The van der Waals surface area contributed by atoms with Gasteiger partial charge in [-0.3, -0.25) is 9.78 Å². The fourth-order valence-electron chi connectivity index (χ4n) is 3.33. The maximum atomic E-state index is 12.4. The third-order valence-electron chi connectivity index (χ3n) is 4.76. The zero-order valence-electron chi connectivity index (χ0n) is 15.3. The lowest BCUT2D eigenvalue weighted by atomic mass is 10.1. The van der Waals surface area contributed by atoms with Crippen molar-refractivity contribution in [3.05, 3.63) is 45.4 Å².